The van der Waals surface area contributed by atoms with Crippen molar-refractivity contribution in [2.45, 2.75) is 77.4 Å². The lowest BCUT2D eigenvalue weighted by molar-refractivity contribution is 0.00578. The first-order chi connectivity index (χ1) is 49.5. The molecule has 0 saturated carbocycles. The first-order valence-electron chi connectivity index (χ1n) is 34.6. The standard InChI is InChI=1S/C42H29N3O.C27H27BO3.C21H14BrN3/c1-42(2)33-22-11-9-20-30(33)36-32(25-35-37(38(36)42)31-21-10-12-23-34(31)46-35)28-18-13-19-29(24-28)41-44-39(26-14-5-3-6-15-26)43-40(45-41)27-16-7-4-8-17-27;1-25(2)18-13-9-7-11-16(18)22-19(28-30-26(3,4)27(5,6)31-28)15-21-23(24(22)25)17-12-8-10-14-20(17)29-21;22-18-13-7-12-17(14-18)21-24-19(15-8-3-1-4-9-15)23-20(25-21)16-10-5-2-6-11-16/h3-25H,1-2H3;7-15H,1-6H3;1-14H. The molecule has 0 atom stereocenters. The fraction of sp³-hybridized carbons (Fsp3) is 0.133. The van der Waals surface area contributed by atoms with Gasteiger partial charge in [-0.2, -0.15) is 0 Å². The zero-order valence-corrected chi connectivity index (χ0v) is 59.4. The summed E-state index contributed by atoms with van der Waals surface area (Å²) in [6.07, 6.45) is 0. The van der Waals surface area contributed by atoms with Gasteiger partial charge in [-0.1, -0.05) is 280 Å². The van der Waals surface area contributed by atoms with Gasteiger partial charge >= 0.3 is 7.12 Å². The second kappa shape index (κ2) is 25.1. The van der Waals surface area contributed by atoms with Crippen LogP contribution in [0.25, 0.3) is 146 Å². The van der Waals surface area contributed by atoms with E-state index in [9.17, 15) is 0 Å². The van der Waals surface area contributed by atoms with Gasteiger partial charge in [-0.15, -0.1) is 0 Å². The summed E-state index contributed by atoms with van der Waals surface area (Å²) in [5, 5.41) is 4.72. The average molecular weight is 1390 g/mol. The SMILES string of the molecule is Brc1cccc(-c2nc(-c3ccccc3)nc(-c3ccccc3)n2)c1.CC1(C)c2ccccc2-c2c(-c3cccc(-c4nc(-c5ccccc5)nc(-c5ccccc5)n4)c3)cc3oc4ccccc4c3c21.CC1(C)c2ccccc2-c2c(B3OC(C)(C)C(C)(C)O3)cc3oc4ccccc4c3c21. The highest BCUT2D eigenvalue weighted by molar-refractivity contribution is 9.10. The Morgan fingerprint density at radius 3 is 1.09 bits per heavy atom. The molecule has 0 unspecified atom stereocenters. The number of hydrogen-bond donors (Lipinski definition) is 0. The minimum Gasteiger partial charge on any atom is -0.456 e. The van der Waals surface area contributed by atoms with Crippen LogP contribution in [0.3, 0.4) is 0 Å². The number of hydrogen-bond acceptors (Lipinski definition) is 10. The summed E-state index contributed by atoms with van der Waals surface area (Å²) in [5.41, 5.74) is 21.8. The fourth-order valence-electron chi connectivity index (χ4n) is 15.1. The third-order valence-electron chi connectivity index (χ3n) is 20.8. The Balaban J connectivity index is 0.000000120. The molecule has 16 aromatic rings. The molecule has 12 aromatic carbocycles. The van der Waals surface area contributed by atoms with Crippen LogP contribution < -0.4 is 5.46 Å². The maximum atomic E-state index is 6.54. The van der Waals surface area contributed by atoms with Crippen molar-refractivity contribution in [3.63, 3.8) is 0 Å². The Kier molecular flexibility index (Phi) is 15.8. The van der Waals surface area contributed by atoms with Crippen molar-refractivity contribution in [1.82, 2.24) is 29.9 Å². The number of benzene rings is 12. The van der Waals surface area contributed by atoms with Crippen LogP contribution in [0.1, 0.15) is 77.6 Å². The highest BCUT2D eigenvalue weighted by Crippen LogP contribution is 2.57. The van der Waals surface area contributed by atoms with E-state index in [1.54, 1.807) is 0 Å². The molecule has 3 aliphatic rings. The Hall–Kier alpha value is -11.3. The number of halogens is 1. The summed E-state index contributed by atoms with van der Waals surface area (Å²) >= 11 is 3.52. The van der Waals surface area contributed by atoms with Crippen LogP contribution in [0.2, 0.25) is 0 Å². The molecule has 102 heavy (non-hydrogen) atoms. The normalized spacial score (nSPS) is 14.7. The van der Waals surface area contributed by atoms with Gasteiger partial charge in [0.05, 0.1) is 11.2 Å². The van der Waals surface area contributed by atoms with E-state index in [-0.39, 0.29) is 10.8 Å². The number of rotatable bonds is 8. The minimum atomic E-state index is -0.446. The predicted molar refractivity (Wildman–Crippen MR) is 417 cm³/mol. The molecule has 1 aliphatic heterocycles. The molecule has 1 fully saturated rings. The molecule has 0 N–H and O–H groups in total. The summed E-state index contributed by atoms with van der Waals surface area (Å²) in [6, 6.07) is 95.3. The third-order valence-corrected chi connectivity index (χ3v) is 21.3. The Bertz CT molecular complexity index is 5800. The summed E-state index contributed by atoms with van der Waals surface area (Å²) in [4.78, 5) is 29.0. The molecule has 1 saturated heterocycles. The van der Waals surface area contributed by atoms with E-state index in [2.05, 4.69) is 192 Å². The van der Waals surface area contributed by atoms with Crippen molar-refractivity contribution in [3.8, 4) is 102 Å². The molecule has 0 spiro atoms. The van der Waals surface area contributed by atoms with Crippen LogP contribution in [-0.2, 0) is 20.1 Å². The molecule has 12 heteroatoms. The summed E-state index contributed by atoms with van der Waals surface area (Å²) < 4.78 is 26.9. The zero-order chi connectivity index (χ0) is 69.7. The number of aromatic nitrogens is 6. The van der Waals surface area contributed by atoms with Crippen molar-refractivity contribution >= 4 is 72.4 Å². The van der Waals surface area contributed by atoms with E-state index >= 15 is 0 Å². The highest BCUT2D eigenvalue weighted by Gasteiger charge is 2.54. The van der Waals surface area contributed by atoms with E-state index < -0.39 is 18.3 Å². The van der Waals surface area contributed by atoms with Gasteiger partial charge in [-0.25, -0.2) is 29.9 Å². The lowest BCUT2D eigenvalue weighted by Gasteiger charge is -2.32. The second-order valence-electron chi connectivity index (χ2n) is 28.4. The lowest BCUT2D eigenvalue weighted by Crippen LogP contribution is -2.41. The lowest BCUT2D eigenvalue weighted by atomic mass is 9.72. The van der Waals surface area contributed by atoms with Gasteiger partial charge in [0, 0.05) is 70.2 Å². The van der Waals surface area contributed by atoms with Gasteiger partial charge in [0.15, 0.2) is 34.9 Å². The topological polar surface area (TPSA) is 122 Å². The minimum absolute atomic E-state index is 0.156. The summed E-state index contributed by atoms with van der Waals surface area (Å²) in [5.74, 6) is 3.94. The van der Waals surface area contributed by atoms with E-state index in [4.69, 9.17) is 43.1 Å². The number of nitrogens with zero attached hydrogens (tertiary/aromatic N) is 6. The Morgan fingerprint density at radius 1 is 0.294 bits per heavy atom. The molecule has 2 aliphatic carbocycles. The van der Waals surface area contributed by atoms with Crippen molar-refractivity contribution in [2.75, 3.05) is 0 Å². The molecular weight excluding hydrogens is 1320 g/mol. The van der Waals surface area contributed by atoms with Crippen LogP contribution in [0.4, 0.5) is 0 Å². The smallest absolute Gasteiger partial charge is 0.456 e. The van der Waals surface area contributed by atoms with Crippen molar-refractivity contribution < 1.29 is 18.1 Å². The average Bonchev–Trinajstić information content (AvgIpc) is 1.54. The fourth-order valence-corrected chi connectivity index (χ4v) is 15.5. The molecule has 0 amide bonds. The van der Waals surface area contributed by atoms with Gasteiger partial charge in [-0.3, -0.25) is 0 Å². The van der Waals surface area contributed by atoms with Crippen molar-refractivity contribution in [3.05, 3.63) is 306 Å². The molecule has 19 rings (SSSR count). The maximum Gasteiger partial charge on any atom is 0.495 e. The van der Waals surface area contributed by atoms with Crippen molar-refractivity contribution in [1.29, 1.82) is 0 Å². The molecule has 5 heterocycles. The van der Waals surface area contributed by atoms with E-state index in [0.717, 1.165) is 87.5 Å². The molecule has 0 bridgehead atoms. The van der Waals surface area contributed by atoms with E-state index in [1.165, 1.54) is 55.3 Å². The predicted octanol–water partition coefficient (Wildman–Crippen LogP) is 22.6. The van der Waals surface area contributed by atoms with Gasteiger partial charge in [0.2, 0.25) is 0 Å². The Morgan fingerprint density at radius 2 is 0.637 bits per heavy atom. The zero-order valence-electron chi connectivity index (χ0n) is 57.8. The van der Waals surface area contributed by atoms with Gasteiger partial charge in [0.25, 0.3) is 0 Å². The van der Waals surface area contributed by atoms with Crippen LogP contribution in [-0.4, -0.2) is 48.2 Å². The number of furan rings is 2. The monoisotopic (exact) mass is 1390 g/mol. The molecular formula is C90H70BBrN6O4. The third kappa shape index (κ3) is 11.1. The first kappa shape index (κ1) is 64.1. The molecule has 494 valence electrons. The van der Waals surface area contributed by atoms with Crippen molar-refractivity contribution in [2.24, 2.45) is 0 Å². The van der Waals surface area contributed by atoms with Crippen LogP contribution in [0.5, 0.6) is 0 Å². The van der Waals surface area contributed by atoms with Gasteiger partial charge in [-0.05, 0) is 131 Å². The molecule has 10 nitrogen and oxygen atoms in total. The second-order valence-corrected chi connectivity index (χ2v) is 29.3. The van der Waals surface area contributed by atoms with E-state index in [0.29, 0.717) is 34.9 Å². The first-order valence-corrected chi connectivity index (χ1v) is 35.4. The Labute approximate surface area is 601 Å². The largest absolute Gasteiger partial charge is 0.495 e. The quantitative estimate of drug-likeness (QED) is 0.136. The van der Waals surface area contributed by atoms with Gasteiger partial charge in [0.1, 0.15) is 22.3 Å². The van der Waals surface area contributed by atoms with Crippen LogP contribution in [0.15, 0.2) is 292 Å². The molecule has 4 aromatic heterocycles. The number of fused-ring (bicyclic) bond motifs is 14. The van der Waals surface area contributed by atoms with E-state index in [1.807, 2.05) is 164 Å². The summed E-state index contributed by atoms with van der Waals surface area (Å²) in [6.45, 7) is 17.7. The van der Waals surface area contributed by atoms with Crippen LogP contribution in [0, 0.1) is 0 Å². The highest BCUT2D eigenvalue weighted by atomic mass is 79.9. The van der Waals surface area contributed by atoms with Gasteiger partial charge < -0.3 is 18.1 Å². The maximum absolute atomic E-state index is 6.54. The molecule has 0 radical (unpaired) electrons. The summed E-state index contributed by atoms with van der Waals surface area (Å²) in [7, 11) is -0.446. The number of para-hydroxylation sites is 2. The van der Waals surface area contributed by atoms with Crippen LogP contribution >= 0.6 is 15.9 Å².